The van der Waals surface area contributed by atoms with E-state index in [0.29, 0.717) is 19.2 Å². The zero-order valence-corrected chi connectivity index (χ0v) is 12.5. The van der Waals surface area contributed by atoms with Crippen molar-refractivity contribution in [3.05, 3.63) is 47.3 Å². The molecule has 1 heterocycles. The van der Waals surface area contributed by atoms with Crippen molar-refractivity contribution in [2.24, 2.45) is 5.73 Å². The van der Waals surface area contributed by atoms with E-state index in [4.69, 9.17) is 10.5 Å². The summed E-state index contributed by atoms with van der Waals surface area (Å²) < 4.78 is 7.83. The number of aryl methyl sites for hydroxylation is 1. The first-order chi connectivity index (χ1) is 9.60. The number of nitrogens with two attached hydrogens (primary N) is 1. The summed E-state index contributed by atoms with van der Waals surface area (Å²) in [5, 5.41) is 4.49. The van der Waals surface area contributed by atoms with E-state index >= 15 is 0 Å². The average molecular weight is 273 g/mol. The molecule has 0 saturated carbocycles. The van der Waals surface area contributed by atoms with Crippen molar-refractivity contribution < 1.29 is 4.74 Å². The summed E-state index contributed by atoms with van der Waals surface area (Å²) in [6, 6.07) is 8.57. The summed E-state index contributed by atoms with van der Waals surface area (Å²) in [4.78, 5) is 0. The minimum Gasteiger partial charge on any atom is -0.487 e. The van der Waals surface area contributed by atoms with Crippen LogP contribution in [0.4, 0.5) is 0 Å². The van der Waals surface area contributed by atoms with Gasteiger partial charge in [-0.25, -0.2) is 0 Å². The Bertz CT molecular complexity index is 561. The fourth-order valence-electron chi connectivity index (χ4n) is 2.09. The smallest absolute Gasteiger partial charge is 0.132 e. The second-order valence-corrected chi connectivity index (χ2v) is 5.32. The van der Waals surface area contributed by atoms with Gasteiger partial charge in [0.25, 0.3) is 0 Å². The minimum atomic E-state index is 0.371. The van der Waals surface area contributed by atoms with Crippen LogP contribution in [0.25, 0.3) is 0 Å². The fraction of sp³-hybridized carbons (Fsp3) is 0.438. The third-order valence-corrected chi connectivity index (χ3v) is 3.20. The Morgan fingerprint density at radius 2 is 2.10 bits per heavy atom. The Morgan fingerprint density at radius 1 is 1.30 bits per heavy atom. The molecule has 0 radical (unpaired) electrons. The molecular formula is C16H23N3O. The SMILES string of the molecule is Cc1ccc(OCc2ccn(C(C)C)n2)c(CCN)c1. The van der Waals surface area contributed by atoms with Gasteiger partial charge in [-0.1, -0.05) is 17.7 Å². The van der Waals surface area contributed by atoms with E-state index < -0.39 is 0 Å². The summed E-state index contributed by atoms with van der Waals surface area (Å²) in [5.41, 5.74) is 8.98. The van der Waals surface area contributed by atoms with E-state index in [-0.39, 0.29) is 0 Å². The number of ether oxygens (including phenoxy) is 1. The van der Waals surface area contributed by atoms with Gasteiger partial charge >= 0.3 is 0 Å². The number of hydrogen-bond acceptors (Lipinski definition) is 3. The summed E-state index contributed by atoms with van der Waals surface area (Å²) in [7, 11) is 0. The fourth-order valence-corrected chi connectivity index (χ4v) is 2.09. The Hall–Kier alpha value is -1.81. The summed E-state index contributed by atoms with van der Waals surface area (Å²) >= 11 is 0. The lowest BCUT2D eigenvalue weighted by molar-refractivity contribution is 0.295. The second-order valence-electron chi connectivity index (χ2n) is 5.32. The molecule has 0 spiro atoms. The molecular weight excluding hydrogens is 250 g/mol. The Morgan fingerprint density at radius 3 is 2.75 bits per heavy atom. The molecule has 4 nitrogen and oxygen atoms in total. The number of hydrogen-bond donors (Lipinski definition) is 1. The number of nitrogens with zero attached hydrogens (tertiary/aromatic N) is 2. The molecule has 0 aliphatic carbocycles. The standard InChI is InChI=1S/C16H23N3O/c1-12(2)19-9-7-15(18-19)11-20-16-5-4-13(3)10-14(16)6-8-17/h4-5,7,9-10,12H,6,8,11,17H2,1-3H3. The second kappa shape index (κ2) is 6.57. The lowest BCUT2D eigenvalue weighted by atomic mass is 10.1. The Balaban J connectivity index is 2.06. The molecule has 1 aromatic heterocycles. The lowest BCUT2D eigenvalue weighted by Gasteiger charge is -2.11. The van der Waals surface area contributed by atoms with Crippen LogP contribution in [0.3, 0.4) is 0 Å². The van der Waals surface area contributed by atoms with Gasteiger partial charge in [-0.05, 0) is 51.4 Å². The van der Waals surface area contributed by atoms with Crippen molar-refractivity contribution in [2.45, 2.75) is 39.8 Å². The normalized spacial score (nSPS) is 11.1. The molecule has 0 saturated heterocycles. The van der Waals surface area contributed by atoms with Crippen molar-refractivity contribution in [2.75, 3.05) is 6.54 Å². The first-order valence-electron chi connectivity index (χ1n) is 7.06. The van der Waals surface area contributed by atoms with Crippen molar-refractivity contribution in [3.8, 4) is 5.75 Å². The lowest BCUT2D eigenvalue weighted by Crippen LogP contribution is -2.07. The molecule has 0 aliphatic rings. The molecule has 108 valence electrons. The predicted molar refractivity (Wildman–Crippen MR) is 80.9 cm³/mol. The highest BCUT2D eigenvalue weighted by Gasteiger charge is 2.06. The van der Waals surface area contributed by atoms with Gasteiger partial charge in [-0.15, -0.1) is 0 Å². The van der Waals surface area contributed by atoms with Crippen LogP contribution in [-0.2, 0) is 13.0 Å². The number of benzene rings is 1. The first kappa shape index (κ1) is 14.6. The topological polar surface area (TPSA) is 53.1 Å². The van der Waals surface area contributed by atoms with Crippen LogP contribution < -0.4 is 10.5 Å². The minimum absolute atomic E-state index is 0.371. The van der Waals surface area contributed by atoms with Gasteiger partial charge in [-0.2, -0.15) is 5.10 Å². The molecule has 0 amide bonds. The summed E-state index contributed by atoms with van der Waals surface area (Å²) in [6.45, 7) is 7.41. The van der Waals surface area contributed by atoms with Crippen molar-refractivity contribution >= 4 is 0 Å². The molecule has 0 unspecified atom stereocenters. The maximum absolute atomic E-state index is 5.89. The van der Waals surface area contributed by atoms with E-state index in [1.807, 2.05) is 23.0 Å². The van der Waals surface area contributed by atoms with Gasteiger partial charge in [0, 0.05) is 12.2 Å². The maximum Gasteiger partial charge on any atom is 0.132 e. The van der Waals surface area contributed by atoms with E-state index in [1.54, 1.807) is 0 Å². The molecule has 0 fully saturated rings. The Labute approximate surface area is 120 Å². The predicted octanol–water partition coefficient (Wildman–Crippen LogP) is 2.85. The molecule has 20 heavy (non-hydrogen) atoms. The zero-order chi connectivity index (χ0) is 14.5. The van der Waals surface area contributed by atoms with E-state index in [2.05, 4.69) is 38.0 Å². The monoisotopic (exact) mass is 273 g/mol. The number of aromatic nitrogens is 2. The van der Waals surface area contributed by atoms with Crippen LogP contribution in [0.1, 0.15) is 36.7 Å². The van der Waals surface area contributed by atoms with Crippen LogP contribution in [0.15, 0.2) is 30.5 Å². The van der Waals surface area contributed by atoms with Gasteiger partial charge in [0.2, 0.25) is 0 Å². The molecule has 0 aliphatic heterocycles. The van der Waals surface area contributed by atoms with Gasteiger partial charge in [-0.3, -0.25) is 4.68 Å². The van der Waals surface area contributed by atoms with Gasteiger partial charge in [0.15, 0.2) is 0 Å². The van der Waals surface area contributed by atoms with Crippen LogP contribution in [0.5, 0.6) is 5.75 Å². The maximum atomic E-state index is 5.89. The van der Waals surface area contributed by atoms with Gasteiger partial charge < -0.3 is 10.5 Å². The third-order valence-electron chi connectivity index (χ3n) is 3.20. The van der Waals surface area contributed by atoms with Crippen molar-refractivity contribution in [3.63, 3.8) is 0 Å². The summed E-state index contributed by atoms with van der Waals surface area (Å²) in [5.74, 6) is 0.903. The van der Waals surface area contributed by atoms with Crippen LogP contribution >= 0.6 is 0 Å². The largest absolute Gasteiger partial charge is 0.487 e. The first-order valence-corrected chi connectivity index (χ1v) is 7.06. The zero-order valence-electron chi connectivity index (χ0n) is 12.5. The number of rotatable bonds is 6. The molecule has 2 N–H and O–H groups in total. The Kier molecular flexibility index (Phi) is 4.79. The van der Waals surface area contributed by atoms with Gasteiger partial charge in [0.05, 0.1) is 5.69 Å². The van der Waals surface area contributed by atoms with Crippen LogP contribution in [0, 0.1) is 6.92 Å². The average Bonchev–Trinajstić information content (AvgIpc) is 2.87. The molecule has 1 aromatic carbocycles. The molecule has 2 rings (SSSR count). The van der Waals surface area contributed by atoms with E-state index in [0.717, 1.165) is 23.4 Å². The molecule has 4 heteroatoms. The third kappa shape index (κ3) is 3.61. The van der Waals surface area contributed by atoms with Crippen LogP contribution in [0.2, 0.25) is 0 Å². The summed E-state index contributed by atoms with van der Waals surface area (Å²) in [6.07, 6.45) is 2.82. The highest BCUT2D eigenvalue weighted by atomic mass is 16.5. The van der Waals surface area contributed by atoms with Gasteiger partial charge in [0.1, 0.15) is 12.4 Å². The van der Waals surface area contributed by atoms with E-state index in [9.17, 15) is 0 Å². The molecule has 0 atom stereocenters. The van der Waals surface area contributed by atoms with E-state index in [1.165, 1.54) is 5.56 Å². The van der Waals surface area contributed by atoms with Crippen molar-refractivity contribution in [1.82, 2.24) is 9.78 Å². The molecule has 0 bridgehead atoms. The molecule has 2 aromatic rings. The quantitative estimate of drug-likeness (QED) is 0.880. The van der Waals surface area contributed by atoms with Crippen molar-refractivity contribution in [1.29, 1.82) is 0 Å². The highest BCUT2D eigenvalue weighted by Crippen LogP contribution is 2.21. The van der Waals surface area contributed by atoms with Crippen LogP contribution in [-0.4, -0.2) is 16.3 Å². The highest BCUT2D eigenvalue weighted by molar-refractivity contribution is 5.37.